The van der Waals surface area contributed by atoms with Crippen LogP contribution in [0, 0.1) is 5.82 Å². The highest BCUT2D eigenvalue weighted by atomic mass is 19.1. The topological polar surface area (TPSA) is 56.1 Å². The van der Waals surface area contributed by atoms with E-state index >= 15 is 0 Å². The summed E-state index contributed by atoms with van der Waals surface area (Å²) >= 11 is 0. The third kappa shape index (κ3) is 4.64. The van der Waals surface area contributed by atoms with Crippen molar-refractivity contribution >= 4 is 11.9 Å². The molecule has 4 rings (SSSR count). The zero-order chi connectivity index (χ0) is 21.8. The Balaban J connectivity index is 1.50. The summed E-state index contributed by atoms with van der Waals surface area (Å²) in [7, 11) is 1.75. The van der Waals surface area contributed by atoms with Crippen molar-refractivity contribution in [3.05, 3.63) is 96.4 Å². The third-order valence-corrected chi connectivity index (χ3v) is 5.09. The Hall–Kier alpha value is -3.93. The van der Waals surface area contributed by atoms with Crippen LogP contribution in [-0.4, -0.2) is 15.9 Å². The first-order valence-electron chi connectivity index (χ1n) is 9.92. The van der Waals surface area contributed by atoms with E-state index in [0.717, 1.165) is 22.3 Å². The largest absolute Gasteiger partial charge is 0.441 e. The van der Waals surface area contributed by atoms with Gasteiger partial charge in [0.2, 0.25) is 0 Å². The predicted octanol–water partition coefficient (Wildman–Crippen LogP) is 6.20. The number of hydrogen-bond donors (Lipinski definition) is 1. The van der Waals surface area contributed by atoms with Crippen LogP contribution in [0.4, 0.5) is 15.0 Å². The van der Waals surface area contributed by atoms with Gasteiger partial charge in [-0.1, -0.05) is 66.7 Å². The summed E-state index contributed by atoms with van der Waals surface area (Å²) in [5.41, 5.74) is 4.66. The average Bonchev–Trinajstić information content (AvgIpc) is 3.15. The number of carbonyl (C=O) groups excluding carboxylic acids is 1. The Bertz CT molecular complexity index is 1170. The number of ether oxygens (including phenoxy) is 1. The van der Waals surface area contributed by atoms with Gasteiger partial charge in [0.1, 0.15) is 17.7 Å². The fraction of sp³-hybridized carbons (Fsp3) is 0.120. The van der Waals surface area contributed by atoms with E-state index in [2.05, 4.69) is 22.5 Å². The van der Waals surface area contributed by atoms with Gasteiger partial charge >= 0.3 is 6.09 Å². The Morgan fingerprint density at radius 2 is 1.55 bits per heavy atom. The van der Waals surface area contributed by atoms with Crippen LogP contribution in [0.25, 0.3) is 22.3 Å². The van der Waals surface area contributed by atoms with Gasteiger partial charge < -0.3 is 4.74 Å². The number of halogens is 1. The van der Waals surface area contributed by atoms with E-state index in [0.29, 0.717) is 11.4 Å². The molecular formula is C25H22FN3O2. The van der Waals surface area contributed by atoms with Crippen LogP contribution in [0.2, 0.25) is 0 Å². The number of amides is 1. The molecule has 31 heavy (non-hydrogen) atoms. The molecule has 1 N–H and O–H groups in total. The molecule has 0 saturated heterocycles. The molecule has 0 radical (unpaired) electrons. The second-order valence-corrected chi connectivity index (χ2v) is 7.20. The van der Waals surface area contributed by atoms with Crippen molar-refractivity contribution in [2.45, 2.75) is 13.0 Å². The van der Waals surface area contributed by atoms with Crippen molar-refractivity contribution in [3.8, 4) is 22.3 Å². The van der Waals surface area contributed by atoms with Gasteiger partial charge in [-0.25, -0.2) is 9.18 Å². The summed E-state index contributed by atoms with van der Waals surface area (Å²) in [4.78, 5) is 12.5. The van der Waals surface area contributed by atoms with Gasteiger partial charge in [0.25, 0.3) is 0 Å². The molecule has 1 atom stereocenters. The average molecular weight is 415 g/mol. The molecule has 1 unspecified atom stereocenters. The molecule has 6 heteroatoms. The summed E-state index contributed by atoms with van der Waals surface area (Å²) in [5, 5.41) is 7.06. The summed E-state index contributed by atoms with van der Waals surface area (Å²) in [5.74, 6) is 0.196. The second-order valence-electron chi connectivity index (χ2n) is 7.20. The van der Waals surface area contributed by atoms with Crippen LogP contribution >= 0.6 is 0 Å². The maximum absolute atomic E-state index is 13.1. The molecule has 1 aromatic heterocycles. The number of nitrogens with one attached hydrogen (secondary N) is 1. The molecule has 156 valence electrons. The molecule has 3 aromatic carbocycles. The van der Waals surface area contributed by atoms with Crippen LogP contribution in [0.1, 0.15) is 18.6 Å². The Kier molecular flexibility index (Phi) is 5.80. The molecule has 0 aliphatic carbocycles. The minimum atomic E-state index is -0.609. The summed E-state index contributed by atoms with van der Waals surface area (Å²) in [6.45, 7) is 1.74. The van der Waals surface area contributed by atoms with E-state index in [1.54, 1.807) is 37.0 Å². The van der Waals surface area contributed by atoms with E-state index in [1.165, 1.54) is 12.1 Å². The molecule has 0 fully saturated rings. The molecule has 5 nitrogen and oxygen atoms in total. The van der Waals surface area contributed by atoms with Crippen molar-refractivity contribution in [3.63, 3.8) is 0 Å². The Morgan fingerprint density at radius 3 is 2.23 bits per heavy atom. The molecular weight excluding hydrogens is 393 g/mol. The van der Waals surface area contributed by atoms with E-state index in [9.17, 15) is 9.18 Å². The van der Waals surface area contributed by atoms with Gasteiger partial charge in [0.05, 0.1) is 6.20 Å². The number of benzene rings is 3. The van der Waals surface area contributed by atoms with E-state index in [-0.39, 0.29) is 5.82 Å². The van der Waals surface area contributed by atoms with E-state index in [4.69, 9.17) is 4.74 Å². The van der Waals surface area contributed by atoms with E-state index < -0.39 is 12.2 Å². The second kappa shape index (κ2) is 8.83. The number of hydrogen-bond acceptors (Lipinski definition) is 3. The standard InChI is InChI=1S/C25H22FN3O2/c1-17(18-12-14-22(26)15-13-18)31-25(30)28-24-23(16-27-29(24)2)21-10-8-20(9-11-21)19-6-4-3-5-7-19/h3-17H,1-2H3,(H,28,30). The maximum Gasteiger partial charge on any atom is 0.413 e. The maximum atomic E-state index is 13.1. The lowest BCUT2D eigenvalue weighted by molar-refractivity contribution is 0.121. The van der Waals surface area contributed by atoms with Crippen molar-refractivity contribution in [1.82, 2.24) is 9.78 Å². The zero-order valence-corrected chi connectivity index (χ0v) is 17.2. The van der Waals surface area contributed by atoms with E-state index in [1.807, 2.05) is 42.5 Å². The fourth-order valence-electron chi connectivity index (χ4n) is 3.36. The fourth-order valence-corrected chi connectivity index (χ4v) is 3.36. The SMILES string of the molecule is CC(OC(=O)Nc1c(-c2ccc(-c3ccccc3)cc2)cnn1C)c1ccc(F)cc1. The summed E-state index contributed by atoms with van der Waals surface area (Å²) < 4.78 is 20.2. The highest BCUT2D eigenvalue weighted by molar-refractivity contribution is 5.90. The minimum absolute atomic E-state index is 0.335. The first kappa shape index (κ1) is 20.3. The van der Waals surface area contributed by atoms with Gasteiger partial charge in [-0.3, -0.25) is 10.00 Å². The number of nitrogens with zero attached hydrogens (tertiary/aromatic N) is 2. The van der Waals surface area contributed by atoms with Gasteiger partial charge in [-0.2, -0.15) is 5.10 Å². The lowest BCUT2D eigenvalue weighted by Gasteiger charge is -2.15. The number of aryl methyl sites for hydroxylation is 1. The summed E-state index contributed by atoms with van der Waals surface area (Å²) in [6, 6.07) is 24.1. The number of carbonyl (C=O) groups is 1. The first-order chi connectivity index (χ1) is 15.0. The van der Waals surface area contributed by atoms with Crippen LogP contribution in [0.5, 0.6) is 0 Å². The van der Waals surface area contributed by atoms with Gasteiger partial charge in [-0.15, -0.1) is 0 Å². The molecule has 0 spiro atoms. The van der Waals surface area contributed by atoms with Crippen molar-refractivity contribution in [1.29, 1.82) is 0 Å². The Morgan fingerprint density at radius 1 is 0.935 bits per heavy atom. The Labute approximate surface area is 180 Å². The molecule has 0 aliphatic heterocycles. The molecule has 0 saturated carbocycles. The van der Waals surface area contributed by atoms with Crippen LogP contribution in [0.15, 0.2) is 85.1 Å². The van der Waals surface area contributed by atoms with Crippen molar-refractivity contribution in [2.24, 2.45) is 7.05 Å². The lowest BCUT2D eigenvalue weighted by Crippen LogP contribution is -2.18. The van der Waals surface area contributed by atoms with Gasteiger partial charge in [0.15, 0.2) is 0 Å². The molecule has 1 heterocycles. The number of rotatable bonds is 5. The highest BCUT2D eigenvalue weighted by Gasteiger charge is 2.17. The van der Waals surface area contributed by atoms with Gasteiger partial charge in [-0.05, 0) is 41.3 Å². The third-order valence-electron chi connectivity index (χ3n) is 5.09. The number of anilines is 1. The van der Waals surface area contributed by atoms with Crippen LogP contribution in [-0.2, 0) is 11.8 Å². The molecule has 0 aliphatic rings. The lowest BCUT2D eigenvalue weighted by atomic mass is 10.0. The molecule has 1 amide bonds. The highest BCUT2D eigenvalue weighted by Crippen LogP contribution is 2.30. The smallest absolute Gasteiger partial charge is 0.413 e. The van der Waals surface area contributed by atoms with Crippen LogP contribution < -0.4 is 5.32 Å². The predicted molar refractivity (Wildman–Crippen MR) is 119 cm³/mol. The minimum Gasteiger partial charge on any atom is -0.441 e. The van der Waals surface area contributed by atoms with Crippen molar-refractivity contribution < 1.29 is 13.9 Å². The zero-order valence-electron chi connectivity index (χ0n) is 17.2. The monoisotopic (exact) mass is 415 g/mol. The molecule has 4 aromatic rings. The normalized spacial score (nSPS) is 11.7. The first-order valence-corrected chi connectivity index (χ1v) is 9.92. The van der Waals surface area contributed by atoms with Gasteiger partial charge in [0, 0.05) is 12.6 Å². The molecule has 0 bridgehead atoms. The summed E-state index contributed by atoms with van der Waals surface area (Å²) in [6.07, 6.45) is 0.571. The number of aromatic nitrogens is 2. The quantitative estimate of drug-likeness (QED) is 0.422. The van der Waals surface area contributed by atoms with Crippen molar-refractivity contribution in [2.75, 3.05) is 5.32 Å². The van der Waals surface area contributed by atoms with Crippen LogP contribution in [0.3, 0.4) is 0 Å².